The number of hydrogen-bond donors (Lipinski definition) is 2. The van der Waals surface area contributed by atoms with Crippen LogP contribution in [0.25, 0.3) is 0 Å². The van der Waals surface area contributed by atoms with E-state index in [1.807, 2.05) is 74.4 Å². The fraction of sp³-hybridized carbons (Fsp3) is 0.318. The van der Waals surface area contributed by atoms with E-state index in [2.05, 4.69) is 15.4 Å². The van der Waals surface area contributed by atoms with Crippen LogP contribution in [0.4, 0.5) is 27.5 Å². The number of methoxy groups -OCH3 is 1. The van der Waals surface area contributed by atoms with Gasteiger partial charge < -0.3 is 25.2 Å². The quantitative estimate of drug-likeness (QED) is 0.644. The first-order valence-electron chi connectivity index (χ1n) is 9.93. The third-order valence-electron chi connectivity index (χ3n) is 4.88. The molecule has 1 aliphatic heterocycles. The highest BCUT2D eigenvalue weighted by molar-refractivity contribution is 7.99. The monoisotopic (exact) mass is 457 g/mol. The average molecular weight is 458 g/mol. The SMILES string of the molecule is COC(=O)CNC(=O)CNC(=O)N1c2ccc(N(C)C)cc2Sc2cc(N(C)C)ccc21. The van der Waals surface area contributed by atoms with Crippen LogP contribution >= 0.6 is 11.8 Å². The Kier molecular flexibility index (Phi) is 7.14. The number of benzene rings is 2. The largest absolute Gasteiger partial charge is 0.468 e. The van der Waals surface area contributed by atoms with Gasteiger partial charge in [-0.3, -0.25) is 14.5 Å². The van der Waals surface area contributed by atoms with Gasteiger partial charge in [0.05, 0.1) is 25.0 Å². The number of ether oxygens (including phenoxy) is 1. The van der Waals surface area contributed by atoms with Crippen molar-refractivity contribution >= 4 is 52.4 Å². The van der Waals surface area contributed by atoms with Gasteiger partial charge >= 0.3 is 12.0 Å². The maximum absolute atomic E-state index is 13.2. The number of carbonyl (C=O) groups excluding carboxylic acids is 3. The number of esters is 1. The van der Waals surface area contributed by atoms with Crippen molar-refractivity contribution < 1.29 is 19.1 Å². The zero-order valence-corrected chi connectivity index (χ0v) is 19.6. The van der Waals surface area contributed by atoms with E-state index in [1.165, 1.54) is 7.11 Å². The Labute approximate surface area is 191 Å². The van der Waals surface area contributed by atoms with E-state index in [-0.39, 0.29) is 13.1 Å². The smallest absolute Gasteiger partial charge is 0.327 e. The summed E-state index contributed by atoms with van der Waals surface area (Å²) in [6.45, 7) is -0.520. The van der Waals surface area contributed by atoms with Crippen LogP contribution in [0, 0.1) is 0 Å². The molecule has 0 fully saturated rings. The molecule has 3 amide bonds. The van der Waals surface area contributed by atoms with Gasteiger partial charge in [-0.05, 0) is 36.4 Å². The molecule has 1 heterocycles. The fourth-order valence-corrected chi connectivity index (χ4v) is 4.23. The van der Waals surface area contributed by atoms with Crippen molar-refractivity contribution in [3.05, 3.63) is 36.4 Å². The highest BCUT2D eigenvalue weighted by Gasteiger charge is 2.29. The molecule has 0 unspecified atom stereocenters. The summed E-state index contributed by atoms with van der Waals surface area (Å²) in [5.74, 6) is -1.05. The Morgan fingerprint density at radius 2 is 1.41 bits per heavy atom. The van der Waals surface area contributed by atoms with E-state index >= 15 is 0 Å². The Bertz CT molecular complexity index is 983. The molecule has 0 aromatic heterocycles. The van der Waals surface area contributed by atoms with Crippen LogP contribution in [0.2, 0.25) is 0 Å². The predicted molar refractivity (Wildman–Crippen MR) is 126 cm³/mol. The predicted octanol–water partition coefficient (Wildman–Crippen LogP) is 2.42. The van der Waals surface area contributed by atoms with Gasteiger partial charge in [-0.25, -0.2) is 4.79 Å². The van der Waals surface area contributed by atoms with Gasteiger partial charge in [0.2, 0.25) is 5.91 Å². The highest BCUT2D eigenvalue weighted by Crippen LogP contribution is 2.50. The molecule has 10 heteroatoms. The molecule has 170 valence electrons. The summed E-state index contributed by atoms with van der Waals surface area (Å²) in [6.07, 6.45) is 0. The topological polar surface area (TPSA) is 94.2 Å². The van der Waals surface area contributed by atoms with Crippen molar-refractivity contribution in [2.75, 3.05) is 63.1 Å². The first kappa shape index (κ1) is 23.3. The zero-order chi connectivity index (χ0) is 23.4. The van der Waals surface area contributed by atoms with Crippen molar-refractivity contribution in [3.63, 3.8) is 0 Å². The standard InChI is InChI=1S/C22H27N5O4S/c1-25(2)14-6-8-16-18(10-14)32-19-11-15(26(3)4)7-9-17(19)27(16)22(30)24-12-20(28)23-13-21(29)31-5/h6-11H,12-13H2,1-5H3,(H,23,28)(H,24,30). The molecule has 0 radical (unpaired) electrons. The van der Waals surface area contributed by atoms with Crippen LogP contribution in [-0.4, -0.2) is 66.3 Å². The molecule has 3 rings (SSSR count). The Hall–Kier alpha value is -3.40. The third-order valence-corrected chi connectivity index (χ3v) is 5.98. The van der Waals surface area contributed by atoms with Crippen LogP contribution in [0.15, 0.2) is 46.2 Å². The molecule has 0 bridgehead atoms. The number of carbonyl (C=O) groups is 3. The fourth-order valence-electron chi connectivity index (χ4n) is 3.10. The lowest BCUT2D eigenvalue weighted by molar-refractivity contribution is -0.141. The number of anilines is 4. The van der Waals surface area contributed by atoms with Gasteiger partial charge in [0.25, 0.3) is 0 Å². The molecule has 2 N–H and O–H groups in total. The maximum atomic E-state index is 13.2. The number of fused-ring (bicyclic) bond motifs is 2. The lowest BCUT2D eigenvalue weighted by atomic mass is 10.2. The maximum Gasteiger partial charge on any atom is 0.327 e. The van der Waals surface area contributed by atoms with Gasteiger partial charge in [-0.15, -0.1) is 0 Å². The summed E-state index contributed by atoms with van der Waals surface area (Å²) >= 11 is 1.60. The minimum Gasteiger partial charge on any atom is -0.468 e. The first-order chi connectivity index (χ1) is 15.2. The van der Waals surface area contributed by atoms with Crippen LogP contribution in [0.1, 0.15) is 0 Å². The highest BCUT2D eigenvalue weighted by atomic mass is 32.2. The van der Waals surface area contributed by atoms with Crippen molar-refractivity contribution in [2.45, 2.75) is 9.79 Å². The number of hydrogen-bond acceptors (Lipinski definition) is 7. The second-order valence-corrected chi connectivity index (χ2v) is 8.63. The zero-order valence-electron chi connectivity index (χ0n) is 18.8. The molecular weight excluding hydrogens is 430 g/mol. The second-order valence-electron chi connectivity index (χ2n) is 7.54. The summed E-state index contributed by atoms with van der Waals surface area (Å²) in [5.41, 5.74) is 3.51. The molecule has 0 atom stereocenters. The molecule has 32 heavy (non-hydrogen) atoms. The van der Waals surface area contributed by atoms with Crippen molar-refractivity contribution in [3.8, 4) is 0 Å². The second kappa shape index (κ2) is 9.82. The summed E-state index contributed by atoms with van der Waals surface area (Å²) in [5, 5.41) is 5.05. The number of nitrogens with one attached hydrogen (secondary N) is 2. The minimum absolute atomic E-state index is 0.252. The van der Waals surface area contributed by atoms with Crippen LogP contribution < -0.4 is 25.3 Å². The van der Waals surface area contributed by atoms with Gasteiger partial charge in [-0.1, -0.05) is 11.8 Å². The third kappa shape index (κ3) is 5.08. The number of amides is 3. The lowest BCUT2D eigenvalue weighted by Crippen LogP contribution is -2.44. The van der Waals surface area contributed by atoms with E-state index < -0.39 is 17.9 Å². The van der Waals surface area contributed by atoms with Crippen LogP contribution in [-0.2, 0) is 14.3 Å². The number of rotatable bonds is 6. The molecule has 0 aliphatic carbocycles. The van der Waals surface area contributed by atoms with E-state index in [1.54, 1.807) is 16.7 Å². The summed E-state index contributed by atoms with van der Waals surface area (Å²) in [6, 6.07) is 11.3. The summed E-state index contributed by atoms with van der Waals surface area (Å²) in [7, 11) is 9.09. The molecule has 0 saturated heterocycles. The average Bonchev–Trinajstić information content (AvgIpc) is 2.78. The van der Waals surface area contributed by atoms with Gasteiger partial charge in [-0.2, -0.15) is 0 Å². The van der Waals surface area contributed by atoms with E-state index in [0.717, 1.165) is 32.5 Å². The van der Waals surface area contributed by atoms with E-state index in [0.29, 0.717) is 0 Å². The molecule has 0 saturated carbocycles. The molecule has 0 spiro atoms. The molecule has 2 aromatic rings. The first-order valence-corrected chi connectivity index (χ1v) is 10.7. The Balaban J connectivity index is 1.88. The van der Waals surface area contributed by atoms with E-state index in [9.17, 15) is 14.4 Å². The minimum atomic E-state index is -0.561. The number of nitrogens with zero attached hydrogens (tertiary/aromatic N) is 3. The van der Waals surface area contributed by atoms with E-state index in [4.69, 9.17) is 0 Å². The summed E-state index contributed by atoms with van der Waals surface area (Å²) in [4.78, 5) is 43.8. The lowest BCUT2D eigenvalue weighted by Gasteiger charge is -2.32. The molecule has 9 nitrogen and oxygen atoms in total. The van der Waals surface area contributed by atoms with Gasteiger partial charge in [0.1, 0.15) is 6.54 Å². The van der Waals surface area contributed by atoms with Gasteiger partial charge in [0.15, 0.2) is 0 Å². The van der Waals surface area contributed by atoms with Crippen LogP contribution in [0.5, 0.6) is 0 Å². The Morgan fingerprint density at radius 1 is 0.875 bits per heavy atom. The van der Waals surface area contributed by atoms with Crippen LogP contribution in [0.3, 0.4) is 0 Å². The molecule has 2 aromatic carbocycles. The molecular formula is C22H27N5O4S. The van der Waals surface area contributed by atoms with Crippen molar-refractivity contribution in [2.24, 2.45) is 0 Å². The molecule has 1 aliphatic rings. The summed E-state index contributed by atoms with van der Waals surface area (Å²) < 4.78 is 4.49. The van der Waals surface area contributed by atoms with Crippen molar-refractivity contribution in [1.29, 1.82) is 0 Å². The van der Waals surface area contributed by atoms with Crippen molar-refractivity contribution in [1.82, 2.24) is 10.6 Å². The number of urea groups is 1. The van der Waals surface area contributed by atoms with Gasteiger partial charge in [0, 0.05) is 49.4 Å². The normalized spacial score (nSPS) is 11.7. The Morgan fingerprint density at radius 3 is 1.88 bits per heavy atom.